The molecule has 2 aliphatic heterocycles. The number of amides is 2. The van der Waals surface area contributed by atoms with Gasteiger partial charge in [0.2, 0.25) is 21.8 Å². The van der Waals surface area contributed by atoms with Crippen molar-refractivity contribution in [3.63, 3.8) is 0 Å². The fraction of sp³-hybridized carbons (Fsp3) is 0.440. The lowest BCUT2D eigenvalue weighted by molar-refractivity contribution is -0.132. The SMILES string of the molecule is O=C(CN1C(=O)CCOc2ccccc21)N1CCN(S(=O)(=O)c2ccc3c(c2)CCCC3)CC1. The van der Waals surface area contributed by atoms with Gasteiger partial charge >= 0.3 is 0 Å². The van der Waals surface area contributed by atoms with Crippen molar-refractivity contribution < 1.29 is 22.7 Å². The molecular weight excluding hydrogens is 454 g/mol. The van der Waals surface area contributed by atoms with Gasteiger partial charge in [-0.3, -0.25) is 14.5 Å². The van der Waals surface area contributed by atoms with Gasteiger partial charge in [0.05, 0.1) is 23.6 Å². The average Bonchev–Trinajstić information content (AvgIpc) is 3.02. The molecule has 0 bridgehead atoms. The second-order valence-corrected chi connectivity index (χ2v) is 10.9. The van der Waals surface area contributed by atoms with Crippen LogP contribution in [0.3, 0.4) is 0 Å². The van der Waals surface area contributed by atoms with E-state index in [1.807, 2.05) is 24.3 Å². The molecule has 1 saturated heterocycles. The van der Waals surface area contributed by atoms with Crippen LogP contribution in [0.4, 0.5) is 5.69 Å². The normalized spacial score (nSPS) is 19.1. The van der Waals surface area contributed by atoms with Crippen LogP contribution in [0, 0.1) is 0 Å². The molecule has 8 nitrogen and oxygen atoms in total. The Morgan fingerprint density at radius 1 is 0.912 bits per heavy atom. The monoisotopic (exact) mass is 483 g/mol. The van der Waals surface area contributed by atoms with Crippen LogP contribution in [0.5, 0.6) is 5.75 Å². The number of rotatable bonds is 4. The molecule has 34 heavy (non-hydrogen) atoms. The van der Waals surface area contributed by atoms with E-state index < -0.39 is 10.0 Å². The predicted octanol–water partition coefficient (Wildman–Crippen LogP) is 2.21. The summed E-state index contributed by atoms with van der Waals surface area (Å²) >= 11 is 0. The van der Waals surface area contributed by atoms with Crippen molar-refractivity contribution in [2.24, 2.45) is 0 Å². The van der Waals surface area contributed by atoms with Crippen LogP contribution in [0.25, 0.3) is 0 Å². The summed E-state index contributed by atoms with van der Waals surface area (Å²) in [6, 6.07) is 12.7. The van der Waals surface area contributed by atoms with E-state index in [4.69, 9.17) is 4.74 Å². The summed E-state index contributed by atoms with van der Waals surface area (Å²) in [7, 11) is -3.61. The zero-order valence-electron chi connectivity index (χ0n) is 19.1. The average molecular weight is 484 g/mol. The van der Waals surface area contributed by atoms with Gasteiger partial charge in [-0.2, -0.15) is 4.31 Å². The zero-order chi connectivity index (χ0) is 23.7. The molecule has 0 saturated carbocycles. The minimum Gasteiger partial charge on any atom is -0.491 e. The van der Waals surface area contributed by atoms with Crippen molar-refractivity contribution >= 4 is 27.5 Å². The van der Waals surface area contributed by atoms with Crippen LogP contribution in [0.2, 0.25) is 0 Å². The summed E-state index contributed by atoms with van der Waals surface area (Å²) in [5.41, 5.74) is 2.97. The van der Waals surface area contributed by atoms with Gasteiger partial charge in [-0.1, -0.05) is 18.2 Å². The van der Waals surface area contributed by atoms with E-state index in [0.29, 0.717) is 29.4 Å². The molecule has 0 unspecified atom stereocenters. The number of anilines is 1. The maximum Gasteiger partial charge on any atom is 0.243 e. The Morgan fingerprint density at radius 2 is 1.65 bits per heavy atom. The number of carbonyl (C=O) groups is 2. The highest BCUT2D eigenvalue weighted by molar-refractivity contribution is 7.89. The molecule has 1 fully saturated rings. The van der Waals surface area contributed by atoms with Gasteiger partial charge in [0.15, 0.2) is 0 Å². The van der Waals surface area contributed by atoms with Crippen LogP contribution >= 0.6 is 0 Å². The highest BCUT2D eigenvalue weighted by Gasteiger charge is 2.32. The molecule has 2 aromatic carbocycles. The largest absolute Gasteiger partial charge is 0.491 e. The Kier molecular flexibility index (Phi) is 6.31. The molecule has 180 valence electrons. The molecule has 9 heteroatoms. The molecule has 0 spiro atoms. The zero-order valence-corrected chi connectivity index (χ0v) is 19.9. The van der Waals surface area contributed by atoms with E-state index in [9.17, 15) is 18.0 Å². The third kappa shape index (κ3) is 4.42. The number of hydrogen-bond acceptors (Lipinski definition) is 5. The van der Waals surface area contributed by atoms with Crippen molar-refractivity contribution in [3.8, 4) is 5.75 Å². The first-order chi connectivity index (χ1) is 16.4. The van der Waals surface area contributed by atoms with Crippen molar-refractivity contribution in [3.05, 3.63) is 53.6 Å². The molecule has 0 aromatic heterocycles. The topological polar surface area (TPSA) is 87.2 Å². The highest BCUT2D eigenvalue weighted by Crippen LogP contribution is 2.31. The maximum absolute atomic E-state index is 13.2. The number of ether oxygens (including phenoxy) is 1. The first kappa shape index (κ1) is 22.9. The van der Waals surface area contributed by atoms with Gasteiger partial charge in [-0.25, -0.2) is 8.42 Å². The molecule has 3 aliphatic rings. The second kappa shape index (κ2) is 9.38. The van der Waals surface area contributed by atoms with Crippen molar-refractivity contribution in [2.75, 3.05) is 44.2 Å². The lowest BCUT2D eigenvalue weighted by atomic mass is 9.92. The number of hydrogen-bond donors (Lipinski definition) is 0. The summed E-state index contributed by atoms with van der Waals surface area (Å²) in [5, 5.41) is 0. The van der Waals surface area contributed by atoms with E-state index in [0.717, 1.165) is 31.2 Å². The molecule has 2 aromatic rings. The van der Waals surface area contributed by atoms with Crippen molar-refractivity contribution in [1.82, 2.24) is 9.21 Å². The highest BCUT2D eigenvalue weighted by atomic mass is 32.2. The Hall–Kier alpha value is -2.91. The Labute approximate surface area is 200 Å². The van der Waals surface area contributed by atoms with Crippen LogP contribution in [0.15, 0.2) is 47.4 Å². The fourth-order valence-corrected chi connectivity index (χ4v) is 6.40. The fourth-order valence-electron chi connectivity index (χ4n) is 4.93. The standard InChI is InChI=1S/C25H29N3O5S/c29-24-11-16-33-23-8-4-3-7-22(23)28(24)18-25(30)26-12-14-27(15-13-26)34(31,32)21-10-9-19-5-1-2-6-20(19)17-21/h3-4,7-10,17H,1-2,5-6,11-16,18H2. The van der Waals surface area contributed by atoms with E-state index in [2.05, 4.69) is 0 Å². The third-order valence-electron chi connectivity index (χ3n) is 6.87. The number of carbonyl (C=O) groups excluding carboxylic acids is 2. The van der Waals surface area contributed by atoms with Crippen molar-refractivity contribution in [2.45, 2.75) is 37.0 Å². The van der Waals surface area contributed by atoms with E-state index in [1.54, 1.807) is 23.1 Å². The number of sulfonamides is 1. The van der Waals surface area contributed by atoms with Gasteiger partial charge in [0.25, 0.3) is 0 Å². The number of fused-ring (bicyclic) bond motifs is 2. The number of nitrogens with zero attached hydrogens (tertiary/aromatic N) is 3. The van der Waals surface area contributed by atoms with Gasteiger partial charge in [0, 0.05) is 26.2 Å². The number of piperazine rings is 1. The Morgan fingerprint density at radius 3 is 2.44 bits per heavy atom. The molecule has 0 radical (unpaired) electrons. The molecule has 0 N–H and O–H groups in total. The van der Waals surface area contributed by atoms with Crippen LogP contribution in [0.1, 0.15) is 30.4 Å². The maximum atomic E-state index is 13.2. The van der Waals surface area contributed by atoms with E-state index in [1.165, 1.54) is 14.8 Å². The van der Waals surface area contributed by atoms with E-state index in [-0.39, 0.29) is 44.5 Å². The van der Waals surface area contributed by atoms with Crippen molar-refractivity contribution in [1.29, 1.82) is 0 Å². The molecule has 5 rings (SSSR count). The summed E-state index contributed by atoms with van der Waals surface area (Å²) in [6.45, 7) is 1.25. The summed E-state index contributed by atoms with van der Waals surface area (Å²) in [6.07, 6.45) is 4.37. The lowest BCUT2D eigenvalue weighted by Gasteiger charge is -2.35. The number of aryl methyl sites for hydroxylation is 2. The van der Waals surface area contributed by atoms with Crippen LogP contribution < -0.4 is 9.64 Å². The molecular formula is C25H29N3O5S. The predicted molar refractivity (Wildman–Crippen MR) is 127 cm³/mol. The van der Waals surface area contributed by atoms with Gasteiger partial charge in [0.1, 0.15) is 12.3 Å². The Balaban J connectivity index is 1.25. The minimum atomic E-state index is -3.61. The summed E-state index contributed by atoms with van der Waals surface area (Å²) < 4.78 is 33.6. The quantitative estimate of drug-likeness (QED) is 0.666. The summed E-state index contributed by atoms with van der Waals surface area (Å²) in [5.74, 6) is 0.227. The van der Waals surface area contributed by atoms with Crippen LogP contribution in [-0.2, 0) is 32.5 Å². The first-order valence-corrected chi connectivity index (χ1v) is 13.3. The van der Waals surface area contributed by atoms with Gasteiger partial charge < -0.3 is 9.64 Å². The van der Waals surface area contributed by atoms with E-state index >= 15 is 0 Å². The molecule has 0 atom stereocenters. The van der Waals surface area contributed by atoms with Gasteiger partial charge in [-0.05, 0) is 61.1 Å². The Bertz CT molecular complexity index is 1200. The summed E-state index contributed by atoms with van der Waals surface area (Å²) in [4.78, 5) is 29.1. The molecule has 1 aliphatic carbocycles. The lowest BCUT2D eigenvalue weighted by Crippen LogP contribution is -2.53. The van der Waals surface area contributed by atoms with Gasteiger partial charge in [-0.15, -0.1) is 0 Å². The molecule has 2 heterocycles. The molecule has 2 amide bonds. The third-order valence-corrected chi connectivity index (χ3v) is 8.77. The van der Waals surface area contributed by atoms with Crippen LogP contribution in [-0.4, -0.2) is 68.8 Å². The number of benzene rings is 2. The smallest absolute Gasteiger partial charge is 0.243 e. The minimum absolute atomic E-state index is 0.0865. The first-order valence-electron chi connectivity index (χ1n) is 11.9. The number of para-hydroxylation sites is 2. The second-order valence-electron chi connectivity index (χ2n) is 8.97.